The maximum Gasteiger partial charge on any atom is 0.190 e. The minimum atomic E-state index is -0.229. The zero-order chi connectivity index (χ0) is 19.0. The summed E-state index contributed by atoms with van der Waals surface area (Å²) in [5.41, 5.74) is 1.77. The van der Waals surface area contributed by atoms with Crippen molar-refractivity contribution < 1.29 is 18.7 Å². The zero-order valence-electron chi connectivity index (χ0n) is 14.4. The molecule has 2 aromatic carbocycles. The second-order valence-electron chi connectivity index (χ2n) is 6.09. The van der Waals surface area contributed by atoms with Crippen LogP contribution in [0.15, 0.2) is 69.5 Å². The number of carbonyl (C=O) groups excluding carboxylic acids is 1. The van der Waals surface area contributed by atoms with Crippen molar-refractivity contribution in [2.45, 2.75) is 6.92 Å². The van der Waals surface area contributed by atoms with Crippen LogP contribution in [0.2, 0.25) is 5.02 Å². The largest absolute Gasteiger partial charge is 0.508 e. The Morgan fingerprint density at radius 1 is 1.07 bits per heavy atom. The average Bonchev–Trinajstić information content (AvgIpc) is 3.23. The van der Waals surface area contributed by atoms with Crippen LogP contribution in [0.1, 0.15) is 21.9 Å². The number of benzene rings is 2. The zero-order valence-corrected chi connectivity index (χ0v) is 15.2. The summed E-state index contributed by atoms with van der Waals surface area (Å²) in [6.07, 6.45) is 3.03. The van der Waals surface area contributed by atoms with Crippen molar-refractivity contribution >= 4 is 34.4 Å². The van der Waals surface area contributed by atoms with Crippen LogP contribution in [-0.2, 0) is 0 Å². The van der Waals surface area contributed by atoms with Crippen LogP contribution in [0.4, 0.5) is 0 Å². The van der Waals surface area contributed by atoms with Crippen LogP contribution in [0.3, 0.4) is 0 Å². The van der Waals surface area contributed by atoms with Gasteiger partial charge in [0, 0.05) is 10.9 Å². The van der Waals surface area contributed by atoms with E-state index in [9.17, 15) is 9.90 Å². The monoisotopic (exact) mass is 378 g/mol. The molecule has 0 aliphatic rings. The van der Waals surface area contributed by atoms with Gasteiger partial charge in [0.25, 0.3) is 0 Å². The molecule has 0 bridgehead atoms. The molecular weight excluding hydrogens is 364 g/mol. The summed E-state index contributed by atoms with van der Waals surface area (Å²) < 4.78 is 11.4. The van der Waals surface area contributed by atoms with Crippen molar-refractivity contribution in [3.63, 3.8) is 0 Å². The van der Waals surface area contributed by atoms with Crippen LogP contribution < -0.4 is 0 Å². The molecule has 27 heavy (non-hydrogen) atoms. The Kier molecular flexibility index (Phi) is 4.34. The topological polar surface area (TPSA) is 63.6 Å². The quantitative estimate of drug-likeness (QED) is 0.336. The summed E-state index contributed by atoms with van der Waals surface area (Å²) >= 11 is 6.19. The number of aryl methyl sites for hydroxylation is 1. The predicted molar refractivity (Wildman–Crippen MR) is 105 cm³/mol. The van der Waals surface area contributed by atoms with Crippen molar-refractivity contribution in [1.82, 2.24) is 0 Å². The number of rotatable bonds is 4. The lowest BCUT2D eigenvalue weighted by Crippen LogP contribution is -1.94. The SMILES string of the molecule is Cc1oc2ccc(O)cc2c1C(=O)/C=C/c1ccc(-c2ccccc2Cl)o1. The van der Waals surface area contributed by atoms with E-state index in [0.29, 0.717) is 38.8 Å². The Morgan fingerprint density at radius 2 is 1.89 bits per heavy atom. The van der Waals surface area contributed by atoms with Gasteiger partial charge in [-0.2, -0.15) is 0 Å². The van der Waals surface area contributed by atoms with E-state index >= 15 is 0 Å². The fourth-order valence-electron chi connectivity index (χ4n) is 3.00. The summed E-state index contributed by atoms with van der Waals surface area (Å²) in [7, 11) is 0. The van der Waals surface area contributed by atoms with Gasteiger partial charge in [0.15, 0.2) is 5.78 Å². The van der Waals surface area contributed by atoms with Crippen molar-refractivity contribution in [3.8, 4) is 17.1 Å². The van der Waals surface area contributed by atoms with Gasteiger partial charge in [-0.05, 0) is 61.5 Å². The molecule has 4 nitrogen and oxygen atoms in total. The van der Waals surface area contributed by atoms with E-state index in [-0.39, 0.29) is 11.5 Å². The average molecular weight is 379 g/mol. The minimum absolute atomic E-state index is 0.0803. The lowest BCUT2D eigenvalue weighted by molar-refractivity contribution is 0.104. The molecule has 0 atom stereocenters. The highest BCUT2D eigenvalue weighted by Crippen LogP contribution is 2.31. The molecule has 134 valence electrons. The highest BCUT2D eigenvalue weighted by Gasteiger charge is 2.17. The van der Waals surface area contributed by atoms with Crippen molar-refractivity contribution in [2.24, 2.45) is 0 Å². The van der Waals surface area contributed by atoms with E-state index in [2.05, 4.69) is 0 Å². The Morgan fingerprint density at radius 3 is 2.70 bits per heavy atom. The van der Waals surface area contributed by atoms with Crippen molar-refractivity contribution in [3.05, 3.63) is 82.8 Å². The standard InChI is InChI=1S/C22H15ClO4/c1-13-22(17-12-14(24)6-10-21(17)26-13)19(25)9-7-15-8-11-20(27-15)16-4-2-3-5-18(16)23/h2-12,24H,1H3/b9-7+. The molecule has 0 unspecified atom stereocenters. The number of hydrogen-bond acceptors (Lipinski definition) is 4. The van der Waals surface area contributed by atoms with Gasteiger partial charge in [0.1, 0.15) is 28.6 Å². The van der Waals surface area contributed by atoms with Gasteiger partial charge >= 0.3 is 0 Å². The third kappa shape index (κ3) is 3.27. The van der Waals surface area contributed by atoms with Crippen LogP contribution in [0, 0.1) is 6.92 Å². The number of halogens is 1. The Bertz CT molecular complexity index is 1180. The van der Waals surface area contributed by atoms with Gasteiger partial charge in [0.05, 0.1) is 10.6 Å². The lowest BCUT2D eigenvalue weighted by atomic mass is 10.1. The summed E-state index contributed by atoms with van der Waals surface area (Å²) in [6, 6.07) is 15.7. The number of carbonyl (C=O) groups is 1. The molecule has 0 amide bonds. The first kappa shape index (κ1) is 17.2. The third-order valence-electron chi connectivity index (χ3n) is 4.26. The van der Waals surface area contributed by atoms with Gasteiger partial charge in [-0.1, -0.05) is 23.7 Å². The maximum absolute atomic E-state index is 12.7. The van der Waals surface area contributed by atoms with Gasteiger partial charge in [-0.25, -0.2) is 0 Å². The number of furan rings is 2. The smallest absolute Gasteiger partial charge is 0.190 e. The Balaban J connectivity index is 1.63. The molecule has 4 aromatic rings. The van der Waals surface area contributed by atoms with Gasteiger partial charge in [-0.15, -0.1) is 0 Å². The summed E-state index contributed by atoms with van der Waals surface area (Å²) in [6.45, 7) is 1.72. The van der Waals surface area contributed by atoms with Gasteiger partial charge in [0.2, 0.25) is 0 Å². The molecule has 0 aliphatic heterocycles. The van der Waals surface area contributed by atoms with E-state index in [1.165, 1.54) is 18.2 Å². The summed E-state index contributed by atoms with van der Waals surface area (Å²) in [5.74, 6) is 1.51. The summed E-state index contributed by atoms with van der Waals surface area (Å²) in [5, 5.41) is 10.9. The van der Waals surface area contributed by atoms with E-state index in [1.807, 2.05) is 24.3 Å². The van der Waals surface area contributed by atoms with E-state index in [1.54, 1.807) is 31.2 Å². The fraction of sp³-hybridized carbons (Fsp3) is 0.0455. The second-order valence-corrected chi connectivity index (χ2v) is 6.50. The predicted octanol–water partition coefficient (Wildman–Crippen LogP) is 6.26. The molecule has 2 heterocycles. The number of phenols is 1. The summed E-state index contributed by atoms with van der Waals surface area (Å²) in [4.78, 5) is 12.7. The first-order valence-electron chi connectivity index (χ1n) is 8.32. The molecule has 2 aromatic heterocycles. The number of aromatic hydroxyl groups is 1. The normalized spacial score (nSPS) is 11.5. The molecule has 0 aliphatic carbocycles. The number of ketones is 1. The highest BCUT2D eigenvalue weighted by molar-refractivity contribution is 6.33. The fourth-order valence-corrected chi connectivity index (χ4v) is 3.23. The molecule has 1 N–H and O–H groups in total. The number of fused-ring (bicyclic) bond motifs is 1. The molecule has 5 heteroatoms. The lowest BCUT2D eigenvalue weighted by Gasteiger charge is -1.99. The molecule has 0 spiro atoms. The number of hydrogen-bond donors (Lipinski definition) is 1. The molecule has 4 rings (SSSR count). The third-order valence-corrected chi connectivity index (χ3v) is 4.59. The first-order chi connectivity index (χ1) is 13.0. The molecular formula is C22H15ClO4. The van der Waals surface area contributed by atoms with E-state index < -0.39 is 0 Å². The van der Waals surface area contributed by atoms with Gasteiger partial charge in [-0.3, -0.25) is 4.79 Å². The highest BCUT2D eigenvalue weighted by atomic mass is 35.5. The van der Waals surface area contributed by atoms with Crippen LogP contribution >= 0.6 is 11.6 Å². The van der Waals surface area contributed by atoms with Crippen LogP contribution in [0.5, 0.6) is 5.75 Å². The minimum Gasteiger partial charge on any atom is -0.508 e. The maximum atomic E-state index is 12.7. The Labute approximate surface area is 160 Å². The van der Waals surface area contributed by atoms with Crippen molar-refractivity contribution in [1.29, 1.82) is 0 Å². The number of allylic oxidation sites excluding steroid dienone is 1. The van der Waals surface area contributed by atoms with E-state index in [0.717, 1.165) is 5.56 Å². The molecule has 0 radical (unpaired) electrons. The molecule has 0 fully saturated rings. The first-order valence-corrected chi connectivity index (χ1v) is 8.70. The van der Waals surface area contributed by atoms with E-state index in [4.69, 9.17) is 20.4 Å². The van der Waals surface area contributed by atoms with Crippen molar-refractivity contribution in [2.75, 3.05) is 0 Å². The van der Waals surface area contributed by atoms with Gasteiger partial charge < -0.3 is 13.9 Å². The Hall–Kier alpha value is -3.24. The molecule has 0 saturated carbocycles. The number of phenolic OH excluding ortho intramolecular Hbond substituents is 1. The van der Waals surface area contributed by atoms with Crippen LogP contribution in [-0.4, -0.2) is 10.9 Å². The molecule has 0 saturated heterocycles. The second kappa shape index (κ2) is 6.82. The van der Waals surface area contributed by atoms with Crippen LogP contribution in [0.25, 0.3) is 28.4 Å².